The summed E-state index contributed by atoms with van der Waals surface area (Å²) in [5.41, 5.74) is 0.783. The van der Waals surface area contributed by atoms with E-state index in [9.17, 15) is 4.21 Å². The molecular weight excluding hydrogens is 242 g/mol. The molecule has 0 amide bonds. The summed E-state index contributed by atoms with van der Waals surface area (Å²) in [5, 5.41) is 1.92. The summed E-state index contributed by atoms with van der Waals surface area (Å²) in [6, 6.07) is 7.36. The molecule has 2 heterocycles. The highest BCUT2D eigenvalue weighted by atomic mass is 32.2. The second kappa shape index (κ2) is 5.23. The van der Waals surface area contributed by atoms with Gasteiger partial charge in [-0.15, -0.1) is 11.3 Å². The zero-order valence-electron chi connectivity index (χ0n) is 8.75. The molecule has 2 rings (SSSR count). The van der Waals surface area contributed by atoms with Gasteiger partial charge in [-0.05, 0) is 17.5 Å². The minimum Gasteiger partial charge on any atom is -0.497 e. The molecule has 0 bridgehead atoms. The smallest absolute Gasteiger partial charge is 0.122 e. The van der Waals surface area contributed by atoms with Crippen molar-refractivity contribution in [1.82, 2.24) is 4.98 Å². The summed E-state index contributed by atoms with van der Waals surface area (Å²) in [6.45, 7) is 0. The number of nitrogens with zero attached hydrogens (tertiary/aromatic N) is 1. The van der Waals surface area contributed by atoms with Crippen LogP contribution in [-0.2, 0) is 16.6 Å². The van der Waals surface area contributed by atoms with Crippen LogP contribution in [0.3, 0.4) is 0 Å². The van der Waals surface area contributed by atoms with Crippen LogP contribution in [-0.4, -0.2) is 16.3 Å². The van der Waals surface area contributed by atoms with Gasteiger partial charge in [-0.25, -0.2) is 0 Å². The van der Waals surface area contributed by atoms with Gasteiger partial charge >= 0.3 is 0 Å². The quantitative estimate of drug-likeness (QED) is 0.840. The molecule has 0 radical (unpaired) electrons. The van der Waals surface area contributed by atoms with Crippen LogP contribution in [0.25, 0.3) is 0 Å². The van der Waals surface area contributed by atoms with Crippen molar-refractivity contribution in [2.75, 3.05) is 7.11 Å². The number of hydrogen-bond donors (Lipinski definition) is 0. The van der Waals surface area contributed by atoms with Crippen molar-refractivity contribution in [3.05, 3.63) is 41.5 Å². The maximum atomic E-state index is 11.9. The summed E-state index contributed by atoms with van der Waals surface area (Å²) in [5.74, 6) is 1.17. The molecule has 5 heteroatoms. The van der Waals surface area contributed by atoms with Crippen molar-refractivity contribution in [1.29, 1.82) is 0 Å². The van der Waals surface area contributed by atoms with Gasteiger partial charge in [0.25, 0.3) is 0 Å². The first-order chi connectivity index (χ1) is 7.79. The van der Waals surface area contributed by atoms with Crippen molar-refractivity contribution in [3.8, 4) is 5.75 Å². The van der Waals surface area contributed by atoms with Crippen LogP contribution in [0, 0.1) is 0 Å². The van der Waals surface area contributed by atoms with E-state index in [0.29, 0.717) is 5.75 Å². The predicted octanol–water partition coefficient (Wildman–Crippen LogP) is 2.46. The Labute approximate surface area is 101 Å². The van der Waals surface area contributed by atoms with Crippen LogP contribution in [0.4, 0.5) is 0 Å². The van der Waals surface area contributed by atoms with Gasteiger partial charge in [-0.2, -0.15) is 0 Å². The lowest BCUT2D eigenvalue weighted by Gasteiger charge is -2.02. The highest BCUT2D eigenvalue weighted by Gasteiger charge is 2.07. The summed E-state index contributed by atoms with van der Waals surface area (Å²) < 4.78 is 17.9. The van der Waals surface area contributed by atoms with E-state index in [0.717, 1.165) is 15.7 Å². The summed E-state index contributed by atoms with van der Waals surface area (Å²) in [4.78, 5) is 4.17. The molecule has 0 spiro atoms. The Balaban J connectivity index is 2.12. The topological polar surface area (TPSA) is 39.2 Å². The molecule has 0 aromatic carbocycles. The highest BCUT2D eigenvalue weighted by Crippen LogP contribution is 2.18. The lowest BCUT2D eigenvalue weighted by Crippen LogP contribution is -1.97. The van der Waals surface area contributed by atoms with Gasteiger partial charge in [0.2, 0.25) is 0 Å². The summed E-state index contributed by atoms with van der Waals surface area (Å²) in [6.07, 6.45) is 1.67. The van der Waals surface area contributed by atoms with Crippen LogP contribution in [0.2, 0.25) is 0 Å². The zero-order chi connectivity index (χ0) is 11.4. The standard InChI is InChI=1S/C11H11NO2S2/c1-14-10-4-5-12-9(7-10)8-16(13)11-3-2-6-15-11/h2-7H,8H2,1H3. The molecule has 1 atom stereocenters. The maximum absolute atomic E-state index is 11.9. The normalized spacial score (nSPS) is 12.3. The minimum absolute atomic E-state index is 0.428. The molecule has 0 saturated heterocycles. The van der Waals surface area contributed by atoms with Crippen molar-refractivity contribution in [2.24, 2.45) is 0 Å². The van der Waals surface area contributed by atoms with Gasteiger partial charge in [0.1, 0.15) is 5.75 Å². The van der Waals surface area contributed by atoms with Crippen molar-refractivity contribution < 1.29 is 8.95 Å². The average molecular weight is 253 g/mol. The van der Waals surface area contributed by atoms with E-state index in [4.69, 9.17) is 4.74 Å². The summed E-state index contributed by atoms with van der Waals surface area (Å²) in [7, 11) is 0.593. The van der Waals surface area contributed by atoms with E-state index in [1.807, 2.05) is 23.6 Å². The first kappa shape index (κ1) is 11.3. The molecule has 2 aromatic heterocycles. The van der Waals surface area contributed by atoms with Crippen molar-refractivity contribution in [2.45, 2.75) is 9.96 Å². The fourth-order valence-corrected chi connectivity index (χ4v) is 3.28. The van der Waals surface area contributed by atoms with Gasteiger partial charge in [0, 0.05) is 12.3 Å². The molecule has 0 N–H and O–H groups in total. The largest absolute Gasteiger partial charge is 0.497 e. The molecule has 0 aliphatic rings. The van der Waals surface area contributed by atoms with E-state index < -0.39 is 10.8 Å². The number of methoxy groups -OCH3 is 1. The Morgan fingerprint density at radius 2 is 2.38 bits per heavy atom. The van der Waals surface area contributed by atoms with E-state index >= 15 is 0 Å². The Hall–Kier alpha value is -1.20. The van der Waals surface area contributed by atoms with E-state index in [1.165, 1.54) is 11.3 Å². The van der Waals surface area contributed by atoms with Crippen LogP contribution < -0.4 is 4.74 Å². The van der Waals surface area contributed by atoms with Crippen LogP contribution in [0.15, 0.2) is 40.1 Å². The van der Waals surface area contributed by atoms with Gasteiger partial charge in [0.15, 0.2) is 0 Å². The van der Waals surface area contributed by atoms with Gasteiger partial charge in [-0.1, -0.05) is 6.07 Å². The second-order valence-electron chi connectivity index (χ2n) is 3.11. The SMILES string of the molecule is COc1ccnc(CS(=O)c2cccs2)c1. The third kappa shape index (κ3) is 2.68. The molecule has 1 unspecified atom stereocenters. The van der Waals surface area contributed by atoms with Crippen molar-refractivity contribution >= 4 is 22.1 Å². The summed E-state index contributed by atoms with van der Waals surface area (Å²) >= 11 is 1.50. The molecule has 0 aliphatic heterocycles. The van der Waals surface area contributed by atoms with Gasteiger partial charge in [-0.3, -0.25) is 9.19 Å². The van der Waals surface area contributed by atoms with Crippen LogP contribution in [0.5, 0.6) is 5.75 Å². The Morgan fingerprint density at radius 3 is 3.06 bits per heavy atom. The van der Waals surface area contributed by atoms with E-state index in [2.05, 4.69) is 4.98 Å². The Morgan fingerprint density at radius 1 is 1.50 bits per heavy atom. The average Bonchev–Trinajstić information content (AvgIpc) is 2.83. The Bertz CT molecular complexity index is 482. The lowest BCUT2D eigenvalue weighted by atomic mass is 10.3. The number of rotatable bonds is 4. The van der Waals surface area contributed by atoms with Crippen LogP contribution in [0.1, 0.15) is 5.69 Å². The third-order valence-corrected chi connectivity index (χ3v) is 4.67. The van der Waals surface area contributed by atoms with Gasteiger partial charge < -0.3 is 4.74 Å². The van der Waals surface area contributed by atoms with Crippen molar-refractivity contribution in [3.63, 3.8) is 0 Å². The van der Waals surface area contributed by atoms with E-state index in [-0.39, 0.29) is 0 Å². The monoisotopic (exact) mass is 253 g/mol. The number of hydrogen-bond acceptors (Lipinski definition) is 4. The maximum Gasteiger partial charge on any atom is 0.122 e. The predicted molar refractivity (Wildman–Crippen MR) is 65.2 cm³/mol. The zero-order valence-corrected chi connectivity index (χ0v) is 10.4. The number of thiophene rings is 1. The Kier molecular flexibility index (Phi) is 3.69. The number of aromatic nitrogens is 1. The molecule has 3 nitrogen and oxygen atoms in total. The first-order valence-electron chi connectivity index (χ1n) is 4.70. The van der Waals surface area contributed by atoms with Crippen LogP contribution >= 0.6 is 11.3 Å². The fraction of sp³-hybridized carbons (Fsp3) is 0.182. The second-order valence-corrected chi connectivity index (χ2v) is 5.73. The van der Waals surface area contributed by atoms with Gasteiger partial charge in [0.05, 0.1) is 33.6 Å². The molecule has 0 fully saturated rings. The molecular formula is C11H11NO2S2. The molecule has 16 heavy (non-hydrogen) atoms. The molecule has 84 valence electrons. The minimum atomic E-state index is -1.01. The fourth-order valence-electron chi connectivity index (χ4n) is 1.26. The lowest BCUT2D eigenvalue weighted by molar-refractivity contribution is 0.413. The molecule has 2 aromatic rings. The number of ether oxygens (including phenoxy) is 1. The number of pyridine rings is 1. The first-order valence-corrected chi connectivity index (χ1v) is 6.90. The molecule has 0 aliphatic carbocycles. The molecule has 0 saturated carbocycles. The highest BCUT2D eigenvalue weighted by molar-refractivity contribution is 7.86. The van der Waals surface area contributed by atoms with E-state index in [1.54, 1.807) is 19.4 Å². The third-order valence-electron chi connectivity index (χ3n) is 2.02.